The fraction of sp³-hybridized carbons (Fsp3) is 0.533. The Morgan fingerprint density at radius 2 is 1.94 bits per heavy atom. The zero-order chi connectivity index (χ0) is 13.8. The molecule has 100 valence electrons. The van der Waals surface area contributed by atoms with Crippen LogP contribution < -0.4 is 5.73 Å². The molecule has 0 heterocycles. The van der Waals surface area contributed by atoms with Crippen LogP contribution >= 0.6 is 0 Å². The van der Waals surface area contributed by atoms with E-state index < -0.39 is 11.5 Å². The van der Waals surface area contributed by atoms with Gasteiger partial charge in [-0.05, 0) is 44.6 Å². The van der Waals surface area contributed by atoms with E-state index in [9.17, 15) is 4.79 Å². The molecule has 0 amide bonds. The van der Waals surface area contributed by atoms with Gasteiger partial charge in [0.25, 0.3) is 0 Å². The minimum absolute atomic E-state index is 0.303. The molecule has 3 N–H and O–H groups in total. The van der Waals surface area contributed by atoms with Gasteiger partial charge in [0.05, 0.1) is 0 Å². The van der Waals surface area contributed by atoms with Gasteiger partial charge in [0.2, 0.25) is 0 Å². The number of rotatable bonds is 6. The smallest absolute Gasteiger partial charge is 0.323 e. The monoisotopic (exact) mass is 249 g/mol. The van der Waals surface area contributed by atoms with E-state index in [1.807, 2.05) is 0 Å². The molecule has 3 nitrogen and oxygen atoms in total. The van der Waals surface area contributed by atoms with Crippen molar-refractivity contribution in [3.05, 3.63) is 35.4 Å². The largest absolute Gasteiger partial charge is 0.480 e. The van der Waals surface area contributed by atoms with E-state index in [1.165, 1.54) is 11.1 Å². The number of carboxylic acid groups (broad SMARTS) is 1. The molecule has 0 aliphatic heterocycles. The summed E-state index contributed by atoms with van der Waals surface area (Å²) in [4.78, 5) is 10.9. The number of aliphatic carboxylic acids is 1. The Hall–Kier alpha value is -1.35. The quantitative estimate of drug-likeness (QED) is 0.814. The van der Waals surface area contributed by atoms with Crippen molar-refractivity contribution >= 4 is 5.97 Å². The average molecular weight is 249 g/mol. The summed E-state index contributed by atoms with van der Waals surface area (Å²) in [6.45, 7) is 5.71. The Kier molecular flexibility index (Phi) is 4.91. The normalized spacial score (nSPS) is 16.0. The third kappa shape index (κ3) is 4.49. The lowest BCUT2D eigenvalue weighted by molar-refractivity contribution is -0.143. The third-order valence-corrected chi connectivity index (χ3v) is 3.31. The molecule has 0 aromatic heterocycles. The molecule has 18 heavy (non-hydrogen) atoms. The molecule has 3 heteroatoms. The molecule has 2 atom stereocenters. The summed E-state index contributed by atoms with van der Waals surface area (Å²) >= 11 is 0. The van der Waals surface area contributed by atoms with Crippen LogP contribution in [0.15, 0.2) is 24.3 Å². The van der Waals surface area contributed by atoms with Crippen molar-refractivity contribution in [2.75, 3.05) is 0 Å². The number of carbonyl (C=O) groups is 1. The summed E-state index contributed by atoms with van der Waals surface area (Å²) in [5, 5.41) is 8.98. The molecular weight excluding hydrogens is 226 g/mol. The predicted octanol–water partition coefficient (Wildman–Crippen LogP) is 2.76. The fourth-order valence-corrected chi connectivity index (χ4v) is 2.08. The Balaban J connectivity index is 2.44. The number of hydrogen-bond acceptors (Lipinski definition) is 2. The molecule has 0 saturated carbocycles. The second-order valence-electron chi connectivity index (χ2n) is 5.56. The first-order chi connectivity index (χ1) is 8.31. The van der Waals surface area contributed by atoms with Crippen LogP contribution in [0.1, 0.15) is 37.8 Å². The van der Waals surface area contributed by atoms with Gasteiger partial charge in [0, 0.05) is 0 Å². The molecule has 0 aliphatic carbocycles. The lowest BCUT2D eigenvalue weighted by Crippen LogP contribution is -2.46. The number of benzene rings is 1. The zero-order valence-electron chi connectivity index (χ0n) is 11.4. The highest BCUT2D eigenvalue weighted by Crippen LogP contribution is 2.19. The van der Waals surface area contributed by atoms with Gasteiger partial charge < -0.3 is 10.8 Å². The van der Waals surface area contributed by atoms with E-state index in [4.69, 9.17) is 10.8 Å². The van der Waals surface area contributed by atoms with Crippen LogP contribution in [0, 0.1) is 12.8 Å². The Morgan fingerprint density at radius 3 is 2.44 bits per heavy atom. The first kappa shape index (κ1) is 14.7. The van der Waals surface area contributed by atoms with Crippen LogP contribution in [0.3, 0.4) is 0 Å². The summed E-state index contributed by atoms with van der Waals surface area (Å²) in [5.74, 6) is -0.623. The fourth-order valence-electron chi connectivity index (χ4n) is 2.08. The highest BCUT2D eigenvalue weighted by Gasteiger charge is 2.29. The van der Waals surface area contributed by atoms with Gasteiger partial charge in [0.15, 0.2) is 0 Å². The minimum atomic E-state index is -1.12. The molecule has 0 radical (unpaired) electrons. The van der Waals surface area contributed by atoms with E-state index in [0.717, 1.165) is 12.8 Å². The third-order valence-electron chi connectivity index (χ3n) is 3.31. The maximum atomic E-state index is 10.9. The van der Waals surface area contributed by atoms with Crippen LogP contribution in [0.4, 0.5) is 0 Å². The van der Waals surface area contributed by atoms with Crippen molar-refractivity contribution in [3.63, 3.8) is 0 Å². The van der Waals surface area contributed by atoms with Crippen LogP contribution in [-0.2, 0) is 11.2 Å². The predicted molar refractivity (Wildman–Crippen MR) is 73.5 cm³/mol. The Bertz CT molecular complexity index is 395. The Morgan fingerprint density at radius 1 is 1.39 bits per heavy atom. The second-order valence-corrected chi connectivity index (χ2v) is 5.56. The van der Waals surface area contributed by atoms with Gasteiger partial charge in [-0.25, -0.2) is 0 Å². The van der Waals surface area contributed by atoms with Crippen LogP contribution in [0.25, 0.3) is 0 Å². The number of nitrogens with two attached hydrogens (primary N) is 1. The maximum Gasteiger partial charge on any atom is 0.323 e. The lowest BCUT2D eigenvalue weighted by Gasteiger charge is -2.23. The minimum Gasteiger partial charge on any atom is -0.480 e. The Labute approximate surface area is 109 Å². The first-order valence-corrected chi connectivity index (χ1v) is 6.39. The van der Waals surface area contributed by atoms with Crippen LogP contribution in [-0.4, -0.2) is 16.6 Å². The number of carboxylic acids is 1. The molecule has 0 bridgehead atoms. The molecule has 0 fully saturated rings. The van der Waals surface area contributed by atoms with Crippen molar-refractivity contribution in [1.82, 2.24) is 0 Å². The molecule has 1 aromatic rings. The van der Waals surface area contributed by atoms with Crippen LogP contribution in [0.5, 0.6) is 0 Å². The summed E-state index contributed by atoms with van der Waals surface area (Å²) < 4.78 is 0. The first-order valence-electron chi connectivity index (χ1n) is 6.39. The standard InChI is InChI=1S/C15H23NO2/c1-11-4-7-13(8-5-11)9-6-12(2)10-15(3,16)14(17)18/h4-5,7-8,12H,6,9-10,16H2,1-3H3,(H,17,18). The van der Waals surface area contributed by atoms with E-state index >= 15 is 0 Å². The molecule has 0 saturated heterocycles. The van der Waals surface area contributed by atoms with E-state index in [1.54, 1.807) is 6.92 Å². The molecule has 1 aromatic carbocycles. The van der Waals surface area contributed by atoms with Crippen LogP contribution in [0.2, 0.25) is 0 Å². The topological polar surface area (TPSA) is 63.3 Å². The van der Waals surface area contributed by atoms with Gasteiger partial charge in [-0.3, -0.25) is 4.79 Å². The summed E-state index contributed by atoms with van der Waals surface area (Å²) in [5.41, 5.74) is 7.18. The van der Waals surface area contributed by atoms with Gasteiger partial charge >= 0.3 is 5.97 Å². The average Bonchev–Trinajstić information content (AvgIpc) is 2.27. The lowest BCUT2D eigenvalue weighted by atomic mass is 9.87. The van der Waals surface area contributed by atoms with Crippen molar-refractivity contribution in [1.29, 1.82) is 0 Å². The van der Waals surface area contributed by atoms with E-state index in [0.29, 0.717) is 12.3 Å². The number of hydrogen-bond donors (Lipinski definition) is 2. The van der Waals surface area contributed by atoms with Crippen molar-refractivity contribution in [2.45, 2.75) is 45.6 Å². The summed E-state index contributed by atoms with van der Waals surface area (Å²) in [7, 11) is 0. The summed E-state index contributed by atoms with van der Waals surface area (Å²) in [6.07, 6.45) is 2.44. The van der Waals surface area contributed by atoms with E-state index in [-0.39, 0.29) is 0 Å². The van der Waals surface area contributed by atoms with Gasteiger partial charge in [-0.1, -0.05) is 36.8 Å². The highest BCUT2D eigenvalue weighted by molar-refractivity contribution is 5.77. The summed E-state index contributed by atoms with van der Waals surface area (Å²) in [6, 6.07) is 8.45. The van der Waals surface area contributed by atoms with Crippen molar-refractivity contribution < 1.29 is 9.90 Å². The molecular formula is C15H23NO2. The zero-order valence-corrected chi connectivity index (χ0v) is 11.4. The van der Waals surface area contributed by atoms with E-state index in [2.05, 4.69) is 38.1 Å². The van der Waals surface area contributed by atoms with Crippen molar-refractivity contribution in [3.8, 4) is 0 Å². The molecule has 0 spiro atoms. The van der Waals surface area contributed by atoms with Crippen molar-refractivity contribution in [2.24, 2.45) is 11.7 Å². The molecule has 0 aliphatic rings. The van der Waals surface area contributed by atoms with Gasteiger partial charge in [-0.2, -0.15) is 0 Å². The number of aryl methyl sites for hydroxylation is 2. The van der Waals surface area contributed by atoms with Gasteiger partial charge in [0.1, 0.15) is 5.54 Å². The molecule has 1 rings (SSSR count). The van der Waals surface area contributed by atoms with Gasteiger partial charge in [-0.15, -0.1) is 0 Å². The highest BCUT2D eigenvalue weighted by atomic mass is 16.4. The second kappa shape index (κ2) is 6.01. The molecule has 2 unspecified atom stereocenters. The SMILES string of the molecule is Cc1ccc(CCC(C)CC(C)(N)C(=O)O)cc1. The maximum absolute atomic E-state index is 10.9.